The van der Waals surface area contributed by atoms with Gasteiger partial charge in [-0.15, -0.1) is 0 Å². The first-order chi connectivity index (χ1) is 10.0. The Morgan fingerprint density at radius 2 is 2.00 bits per heavy atom. The maximum atomic E-state index is 12.6. The summed E-state index contributed by atoms with van der Waals surface area (Å²) in [5.41, 5.74) is 0.747. The molecule has 1 fully saturated rings. The van der Waals surface area contributed by atoms with Crippen LogP contribution >= 0.6 is 0 Å². The molecule has 2 atom stereocenters. The van der Waals surface area contributed by atoms with Crippen LogP contribution in [0.2, 0.25) is 0 Å². The summed E-state index contributed by atoms with van der Waals surface area (Å²) in [6.07, 6.45) is 2.88. The minimum absolute atomic E-state index is 0.00374. The minimum Gasteiger partial charge on any atom is -0.316 e. The fourth-order valence-electron chi connectivity index (χ4n) is 4.09. The molecule has 0 radical (unpaired) electrons. The third-order valence-corrected chi connectivity index (χ3v) is 5.16. The Balaban J connectivity index is 2.25. The van der Waals surface area contributed by atoms with E-state index in [1.54, 1.807) is 0 Å². The SMILES string of the molecule is [C-]#[N+]C1=C[C@]2(c3ccccc3)CNCC[C@H]2C(C)(C)C1=O. The zero-order valence-electron chi connectivity index (χ0n) is 12.5. The fraction of sp³-hybridized carbons (Fsp3) is 0.444. The summed E-state index contributed by atoms with van der Waals surface area (Å²) in [6.45, 7) is 13.1. The molecule has 1 aromatic rings. The van der Waals surface area contributed by atoms with Crippen molar-refractivity contribution in [1.29, 1.82) is 0 Å². The lowest BCUT2D eigenvalue weighted by Crippen LogP contribution is -2.58. The summed E-state index contributed by atoms with van der Waals surface area (Å²) in [5.74, 6) is 0.225. The van der Waals surface area contributed by atoms with Crippen LogP contribution in [0.25, 0.3) is 4.85 Å². The Morgan fingerprint density at radius 3 is 2.67 bits per heavy atom. The Labute approximate surface area is 125 Å². The zero-order chi connectivity index (χ0) is 15.1. The molecule has 2 aliphatic rings. The van der Waals surface area contributed by atoms with Gasteiger partial charge in [-0.05, 0) is 24.4 Å². The van der Waals surface area contributed by atoms with Gasteiger partial charge in [0.25, 0.3) is 0 Å². The first-order valence-corrected chi connectivity index (χ1v) is 7.44. The topological polar surface area (TPSA) is 33.5 Å². The van der Waals surface area contributed by atoms with Gasteiger partial charge < -0.3 is 10.1 Å². The van der Waals surface area contributed by atoms with Crippen molar-refractivity contribution in [2.75, 3.05) is 13.1 Å². The van der Waals surface area contributed by atoms with E-state index >= 15 is 0 Å². The lowest BCUT2D eigenvalue weighted by molar-refractivity contribution is -0.129. The molecule has 3 heteroatoms. The molecule has 0 bridgehead atoms. The summed E-state index contributed by atoms with van der Waals surface area (Å²) in [4.78, 5) is 16.1. The summed E-state index contributed by atoms with van der Waals surface area (Å²) in [5, 5.41) is 3.46. The van der Waals surface area contributed by atoms with Crippen LogP contribution in [0.4, 0.5) is 0 Å². The van der Waals surface area contributed by atoms with Crippen molar-refractivity contribution in [1.82, 2.24) is 5.32 Å². The highest BCUT2D eigenvalue weighted by Crippen LogP contribution is 2.52. The molecular formula is C18H20N2O. The van der Waals surface area contributed by atoms with Crippen LogP contribution in [0, 0.1) is 17.9 Å². The zero-order valence-corrected chi connectivity index (χ0v) is 12.5. The molecule has 1 aromatic carbocycles. The number of allylic oxidation sites excluding steroid dienone is 1. The van der Waals surface area contributed by atoms with E-state index in [2.05, 4.69) is 22.3 Å². The lowest BCUT2D eigenvalue weighted by atomic mass is 9.53. The molecule has 1 aliphatic heterocycles. The van der Waals surface area contributed by atoms with Crippen LogP contribution in [0.5, 0.6) is 0 Å². The number of benzene rings is 1. The third-order valence-electron chi connectivity index (χ3n) is 5.16. The molecule has 0 saturated carbocycles. The van der Waals surface area contributed by atoms with Gasteiger partial charge in [0.1, 0.15) is 0 Å². The average molecular weight is 280 g/mol. The van der Waals surface area contributed by atoms with Crippen LogP contribution in [0.3, 0.4) is 0 Å². The Hall–Kier alpha value is -1.92. The molecule has 1 aliphatic carbocycles. The van der Waals surface area contributed by atoms with E-state index in [-0.39, 0.29) is 17.1 Å². The smallest absolute Gasteiger partial charge is 0.226 e. The second kappa shape index (κ2) is 4.82. The van der Waals surface area contributed by atoms with Crippen LogP contribution < -0.4 is 5.32 Å². The summed E-state index contributed by atoms with van der Waals surface area (Å²) >= 11 is 0. The molecule has 0 aromatic heterocycles. The molecule has 108 valence electrons. The summed E-state index contributed by atoms with van der Waals surface area (Å²) < 4.78 is 0. The predicted molar refractivity (Wildman–Crippen MR) is 82.6 cm³/mol. The van der Waals surface area contributed by atoms with Gasteiger partial charge in [-0.25, -0.2) is 4.85 Å². The van der Waals surface area contributed by atoms with Gasteiger partial charge >= 0.3 is 0 Å². The largest absolute Gasteiger partial charge is 0.316 e. The number of piperidine rings is 1. The van der Waals surface area contributed by atoms with Crippen molar-refractivity contribution in [3.05, 3.63) is 59.1 Å². The molecule has 3 rings (SSSR count). The van der Waals surface area contributed by atoms with Crippen LogP contribution in [-0.2, 0) is 10.2 Å². The monoisotopic (exact) mass is 280 g/mol. The number of nitrogens with zero attached hydrogens (tertiary/aromatic N) is 1. The van der Waals surface area contributed by atoms with Crippen molar-refractivity contribution < 1.29 is 4.79 Å². The Kier molecular flexibility index (Phi) is 3.22. The average Bonchev–Trinajstić information content (AvgIpc) is 2.52. The van der Waals surface area contributed by atoms with Gasteiger partial charge in [0, 0.05) is 17.4 Å². The second-order valence-electron chi connectivity index (χ2n) is 6.62. The predicted octanol–water partition coefficient (Wildman–Crippen LogP) is 2.95. The van der Waals surface area contributed by atoms with E-state index in [0.717, 1.165) is 19.5 Å². The van der Waals surface area contributed by atoms with Gasteiger partial charge in [0.15, 0.2) is 5.78 Å². The van der Waals surface area contributed by atoms with E-state index in [1.165, 1.54) is 5.56 Å². The number of fused-ring (bicyclic) bond motifs is 1. The summed E-state index contributed by atoms with van der Waals surface area (Å²) in [7, 11) is 0. The number of hydrogen-bond donors (Lipinski definition) is 1. The number of Topliss-reactive ketones (excluding diaryl/α,β-unsaturated/α-hetero) is 1. The first-order valence-electron chi connectivity index (χ1n) is 7.44. The molecule has 0 amide bonds. The quantitative estimate of drug-likeness (QED) is 0.802. The van der Waals surface area contributed by atoms with Gasteiger partial charge in [0.2, 0.25) is 5.70 Å². The Morgan fingerprint density at radius 1 is 1.29 bits per heavy atom. The van der Waals surface area contributed by atoms with Crippen molar-refractivity contribution in [3.8, 4) is 0 Å². The molecular weight excluding hydrogens is 260 g/mol. The second-order valence-corrected chi connectivity index (χ2v) is 6.62. The van der Waals surface area contributed by atoms with E-state index in [0.29, 0.717) is 5.70 Å². The number of nitrogens with one attached hydrogen (secondary N) is 1. The number of carbonyl (C=O) groups is 1. The van der Waals surface area contributed by atoms with Crippen molar-refractivity contribution in [2.45, 2.75) is 25.7 Å². The standard InChI is InChI=1S/C18H20N2O/c1-17(2)15-9-10-20-12-18(15,11-14(19-3)16(17)21)13-7-5-4-6-8-13/h4-8,11,15,20H,9-10,12H2,1-2H3/t15-,18+/m0/s1. The Bertz CT molecular complexity index is 639. The molecule has 1 saturated heterocycles. The van der Waals surface area contributed by atoms with Crippen molar-refractivity contribution in [3.63, 3.8) is 0 Å². The highest BCUT2D eigenvalue weighted by molar-refractivity contribution is 6.02. The van der Waals surface area contributed by atoms with E-state index in [1.807, 2.05) is 38.1 Å². The van der Waals surface area contributed by atoms with E-state index < -0.39 is 5.41 Å². The van der Waals surface area contributed by atoms with Gasteiger partial charge in [-0.1, -0.05) is 50.3 Å². The maximum absolute atomic E-state index is 12.6. The van der Waals surface area contributed by atoms with Gasteiger partial charge in [-0.2, -0.15) is 0 Å². The highest BCUT2D eigenvalue weighted by Gasteiger charge is 2.54. The van der Waals surface area contributed by atoms with Crippen molar-refractivity contribution in [2.24, 2.45) is 11.3 Å². The van der Waals surface area contributed by atoms with Gasteiger partial charge in [-0.3, -0.25) is 0 Å². The van der Waals surface area contributed by atoms with Gasteiger partial charge in [0.05, 0.1) is 6.57 Å². The lowest BCUT2D eigenvalue weighted by Gasteiger charge is -2.52. The van der Waals surface area contributed by atoms with E-state index in [4.69, 9.17) is 6.57 Å². The first kappa shape index (κ1) is 14.0. The van der Waals surface area contributed by atoms with Crippen LogP contribution in [-0.4, -0.2) is 18.9 Å². The van der Waals surface area contributed by atoms with Crippen molar-refractivity contribution >= 4 is 5.78 Å². The van der Waals surface area contributed by atoms with E-state index in [9.17, 15) is 4.79 Å². The highest BCUT2D eigenvalue weighted by atomic mass is 16.1. The third kappa shape index (κ3) is 1.94. The number of ketones is 1. The molecule has 1 N–H and O–H groups in total. The minimum atomic E-state index is -0.493. The number of hydrogen-bond acceptors (Lipinski definition) is 2. The molecule has 0 spiro atoms. The molecule has 21 heavy (non-hydrogen) atoms. The molecule has 3 nitrogen and oxygen atoms in total. The van der Waals surface area contributed by atoms with Crippen LogP contribution in [0.15, 0.2) is 42.1 Å². The number of carbonyl (C=O) groups excluding carboxylic acids is 1. The summed E-state index contributed by atoms with van der Waals surface area (Å²) in [6, 6.07) is 10.3. The normalized spacial score (nSPS) is 31.0. The maximum Gasteiger partial charge on any atom is 0.226 e. The molecule has 0 unspecified atom stereocenters. The fourth-order valence-corrected chi connectivity index (χ4v) is 4.09. The molecule has 1 heterocycles. The van der Waals surface area contributed by atoms with Crippen LogP contribution in [0.1, 0.15) is 25.8 Å². The number of rotatable bonds is 1.